The highest BCUT2D eigenvalue weighted by Gasteiger charge is 2.21. The van der Waals surface area contributed by atoms with Crippen molar-refractivity contribution in [1.29, 1.82) is 0 Å². The van der Waals surface area contributed by atoms with E-state index in [-0.39, 0.29) is 18.4 Å². The Balaban J connectivity index is 2.56. The number of aliphatic carboxylic acids is 1. The average Bonchev–Trinajstić information content (AvgIpc) is 2.46. The first-order valence-corrected chi connectivity index (χ1v) is 8.06. The Morgan fingerprint density at radius 1 is 1.26 bits per heavy atom. The molecule has 7 heteroatoms. The van der Waals surface area contributed by atoms with Crippen LogP contribution in [0.5, 0.6) is 0 Å². The van der Waals surface area contributed by atoms with Gasteiger partial charge in [-0.15, -0.1) is 0 Å². The summed E-state index contributed by atoms with van der Waals surface area (Å²) in [7, 11) is 0. The molecule has 1 rings (SSSR count). The normalized spacial score (nSPS) is 11.9. The zero-order valence-corrected chi connectivity index (χ0v) is 14.9. The van der Waals surface area contributed by atoms with Gasteiger partial charge in [0.2, 0.25) is 5.91 Å². The van der Waals surface area contributed by atoms with Crippen LogP contribution in [0.3, 0.4) is 0 Å². The molecule has 0 saturated heterocycles. The third kappa shape index (κ3) is 6.40. The Hall–Kier alpha value is -1.89. The molecule has 126 valence electrons. The number of carbonyl (C=O) groups is 3. The highest BCUT2D eigenvalue weighted by atomic mass is 79.9. The first kappa shape index (κ1) is 19.2. The number of halogens is 1. The number of benzene rings is 1. The fourth-order valence-corrected chi connectivity index (χ4v) is 2.23. The van der Waals surface area contributed by atoms with Crippen LogP contribution in [0.1, 0.15) is 36.2 Å². The number of hydrogen-bond acceptors (Lipinski definition) is 3. The maximum Gasteiger partial charge on any atom is 0.326 e. The summed E-state index contributed by atoms with van der Waals surface area (Å²) in [5.74, 6) is -1.86. The van der Waals surface area contributed by atoms with Crippen LogP contribution in [0.2, 0.25) is 0 Å². The second kappa shape index (κ2) is 8.67. The fraction of sp³-hybridized carbons (Fsp3) is 0.438. The fourth-order valence-electron chi connectivity index (χ4n) is 1.99. The monoisotopic (exact) mass is 384 g/mol. The summed E-state index contributed by atoms with van der Waals surface area (Å²) in [6, 6.07) is 4.15. The highest BCUT2D eigenvalue weighted by Crippen LogP contribution is 2.16. The van der Waals surface area contributed by atoms with E-state index in [1.54, 1.807) is 18.2 Å². The molecule has 1 aromatic carbocycles. The lowest BCUT2D eigenvalue weighted by atomic mass is 10.0. The van der Waals surface area contributed by atoms with Gasteiger partial charge in [-0.1, -0.05) is 29.8 Å². The first-order valence-electron chi connectivity index (χ1n) is 7.27. The minimum atomic E-state index is -1.08. The number of carboxylic acid groups (broad SMARTS) is 1. The summed E-state index contributed by atoms with van der Waals surface area (Å²) >= 11 is 3.35. The van der Waals surface area contributed by atoms with E-state index in [1.165, 1.54) is 0 Å². The van der Waals surface area contributed by atoms with Crippen LogP contribution in [-0.4, -0.2) is 35.5 Å². The minimum Gasteiger partial charge on any atom is -0.480 e. The predicted molar refractivity (Wildman–Crippen MR) is 90.2 cm³/mol. The molecule has 23 heavy (non-hydrogen) atoms. The van der Waals surface area contributed by atoms with Crippen LogP contribution in [0.15, 0.2) is 22.7 Å². The van der Waals surface area contributed by atoms with Crippen LogP contribution in [0.25, 0.3) is 0 Å². The molecule has 3 N–H and O–H groups in total. The van der Waals surface area contributed by atoms with E-state index in [4.69, 9.17) is 5.11 Å². The van der Waals surface area contributed by atoms with Crippen molar-refractivity contribution in [3.8, 4) is 0 Å². The zero-order valence-electron chi connectivity index (χ0n) is 13.4. The molecular weight excluding hydrogens is 364 g/mol. The third-order valence-corrected chi connectivity index (χ3v) is 4.06. The zero-order chi connectivity index (χ0) is 17.6. The SMILES string of the molecule is Cc1cc(C(=O)NCC(=O)N[C@@H](CC(C)C)C(=O)O)ccc1Br. The Morgan fingerprint density at radius 2 is 1.91 bits per heavy atom. The molecule has 0 aliphatic carbocycles. The molecule has 0 heterocycles. The molecule has 0 spiro atoms. The van der Waals surface area contributed by atoms with E-state index < -0.39 is 17.9 Å². The largest absolute Gasteiger partial charge is 0.480 e. The summed E-state index contributed by atoms with van der Waals surface area (Å²) in [6.07, 6.45) is 0.334. The van der Waals surface area contributed by atoms with Crippen LogP contribution in [-0.2, 0) is 9.59 Å². The molecule has 0 aromatic heterocycles. The quantitative estimate of drug-likeness (QED) is 0.670. The van der Waals surface area contributed by atoms with Crippen molar-refractivity contribution >= 4 is 33.7 Å². The molecule has 0 aliphatic heterocycles. The highest BCUT2D eigenvalue weighted by molar-refractivity contribution is 9.10. The van der Waals surface area contributed by atoms with Gasteiger partial charge in [0.15, 0.2) is 0 Å². The Labute approximate surface area is 143 Å². The lowest BCUT2D eigenvalue weighted by Crippen LogP contribution is -2.46. The van der Waals surface area contributed by atoms with Crippen LogP contribution < -0.4 is 10.6 Å². The second-order valence-corrected chi connectivity index (χ2v) is 6.59. The van der Waals surface area contributed by atoms with Gasteiger partial charge < -0.3 is 15.7 Å². The van der Waals surface area contributed by atoms with Crippen molar-refractivity contribution in [2.75, 3.05) is 6.54 Å². The number of amides is 2. The molecule has 0 fully saturated rings. The van der Waals surface area contributed by atoms with Gasteiger partial charge in [-0.05, 0) is 43.0 Å². The number of hydrogen-bond donors (Lipinski definition) is 3. The molecule has 0 saturated carbocycles. The molecule has 2 amide bonds. The number of carbonyl (C=O) groups excluding carboxylic acids is 2. The van der Waals surface area contributed by atoms with Crippen molar-refractivity contribution in [2.24, 2.45) is 5.92 Å². The van der Waals surface area contributed by atoms with Crippen molar-refractivity contribution < 1.29 is 19.5 Å². The summed E-state index contributed by atoms with van der Waals surface area (Å²) in [5, 5.41) is 14.0. The van der Waals surface area contributed by atoms with Gasteiger partial charge in [0.25, 0.3) is 5.91 Å². The maximum atomic E-state index is 12.0. The molecule has 1 aromatic rings. The topological polar surface area (TPSA) is 95.5 Å². The average molecular weight is 385 g/mol. The number of rotatable bonds is 7. The van der Waals surface area contributed by atoms with Crippen molar-refractivity contribution in [3.63, 3.8) is 0 Å². The molecule has 6 nitrogen and oxygen atoms in total. The smallest absolute Gasteiger partial charge is 0.326 e. The van der Waals surface area contributed by atoms with Gasteiger partial charge in [0, 0.05) is 10.0 Å². The summed E-state index contributed by atoms with van der Waals surface area (Å²) in [5.41, 5.74) is 1.35. The lowest BCUT2D eigenvalue weighted by molar-refractivity contribution is -0.142. The minimum absolute atomic E-state index is 0.136. The molecular formula is C16H21BrN2O4. The van der Waals surface area contributed by atoms with Crippen molar-refractivity contribution in [1.82, 2.24) is 10.6 Å². The van der Waals surface area contributed by atoms with Gasteiger partial charge in [-0.25, -0.2) is 4.79 Å². The molecule has 1 atom stereocenters. The van der Waals surface area contributed by atoms with Crippen LogP contribution >= 0.6 is 15.9 Å². The Morgan fingerprint density at radius 3 is 2.43 bits per heavy atom. The van der Waals surface area contributed by atoms with Gasteiger partial charge in [-0.3, -0.25) is 9.59 Å². The van der Waals surface area contributed by atoms with Crippen molar-refractivity contribution in [3.05, 3.63) is 33.8 Å². The Kier molecular flexibility index (Phi) is 7.22. The van der Waals surface area contributed by atoms with E-state index in [0.717, 1.165) is 10.0 Å². The van der Waals surface area contributed by atoms with E-state index >= 15 is 0 Å². The lowest BCUT2D eigenvalue weighted by Gasteiger charge is -2.16. The second-order valence-electron chi connectivity index (χ2n) is 5.73. The predicted octanol–water partition coefficient (Wildman–Crippen LogP) is 2.10. The summed E-state index contributed by atoms with van der Waals surface area (Å²) in [6.45, 7) is 5.34. The molecule has 0 aliphatic rings. The van der Waals surface area contributed by atoms with E-state index in [0.29, 0.717) is 12.0 Å². The number of nitrogens with one attached hydrogen (secondary N) is 2. The molecule has 0 unspecified atom stereocenters. The first-order chi connectivity index (χ1) is 10.7. The molecule has 0 bridgehead atoms. The van der Waals surface area contributed by atoms with Gasteiger partial charge >= 0.3 is 5.97 Å². The van der Waals surface area contributed by atoms with E-state index in [2.05, 4.69) is 26.6 Å². The number of aryl methyl sites for hydroxylation is 1. The molecule has 0 radical (unpaired) electrons. The van der Waals surface area contributed by atoms with E-state index in [1.807, 2.05) is 20.8 Å². The summed E-state index contributed by atoms with van der Waals surface area (Å²) in [4.78, 5) is 34.9. The van der Waals surface area contributed by atoms with Crippen molar-refractivity contribution in [2.45, 2.75) is 33.2 Å². The van der Waals surface area contributed by atoms with Crippen LogP contribution in [0, 0.1) is 12.8 Å². The van der Waals surface area contributed by atoms with Gasteiger partial charge in [0.05, 0.1) is 6.54 Å². The summed E-state index contributed by atoms with van der Waals surface area (Å²) < 4.78 is 0.893. The standard InChI is InChI=1S/C16H21BrN2O4/c1-9(2)6-13(16(22)23)19-14(20)8-18-15(21)11-4-5-12(17)10(3)7-11/h4-5,7,9,13H,6,8H2,1-3H3,(H,18,21)(H,19,20)(H,22,23)/t13-/m0/s1. The van der Waals surface area contributed by atoms with Gasteiger partial charge in [-0.2, -0.15) is 0 Å². The van der Waals surface area contributed by atoms with E-state index in [9.17, 15) is 14.4 Å². The third-order valence-electron chi connectivity index (χ3n) is 3.17. The van der Waals surface area contributed by atoms with Crippen LogP contribution in [0.4, 0.5) is 0 Å². The Bertz CT molecular complexity index is 602. The van der Waals surface area contributed by atoms with Gasteiger partial charge in [0.1, 0.15) is 6.04 Å². The maximum absolute atomic E-state index is 12.0. The number of carboxylic acids is 1.